The summed E-state index contributed by atoms with van der Waals surface area (Å²) in [7, 11) is 0. The quantitative estimate of drug-likeness (QED) is 0.794. The zero-order valence-electron chi connectivity index (χ0n) is 9.81. The van der Waals surface area contributed by atoms with E-state index in [9.17, 15) is 4.79 Å². The number of nitrogens with one attached hydrogen (secondary N) is 1. The van der Waals surface area contributed by atoms with Crippen LogP contribution in [0.4, 0.5) is 0 Å². The van der Waals surface area contributed by atoms with Crippen LogP contribution in [0.3, 0.4) is 0 Å². The largest absolute Gasteiger partial charge is 0.392 e. The van der Waals surface area contributed by atoms with Gasteiger partial charge in [0.1, 0.15) is 0 Å². The fourth-order valence-corrected chi connectivity index (χ4v) is 1.63. The lowest BCUT2D eigenvalue weighted by atomic mass is 9.96. The van der Waals surface area contributed by atoms with Gasteiger partial charge in [0.15, 0.2) is 0 Å². The minimum atomic E-state index is -0.503. The third-order valence-electron chi connectivity index (χ3n) is 2.50. The van der Waals surface area contributed by atoms with E-state index >= 15 is 0 Å². The molecule has 0 fully saturated rings. The highest BCUT2D eigenvalue weighted by Crippen LogP contribution is 2.18. The number of aliphatic hydroxyl groups is 1. The molecule has 1 aromatic rings. The summed E-state index contributed by atoms with van der Waals surface area (Å²) < 4.78 is 0. The zero-order valence-corrected chi connectivity index (χ0v) is 9.81. The van der Waals surface area contributed by atoms with E-state index < -0.39 is 6.10 Å². The highest BCUT2D eigenvalue weighted by atomic mass is 16.3. The van der Waals surface area contributed by atoms with Crippen LogP contribution in [-0.4, -0.2) is 23.7 Å². The van der Waals surface area contributed by atoms with Gasteiger partial charge >= 0.3 is 0 Å². The molecule has 2 unspecified atom stereocenters. The van der Waals surface area contributed by atoms with Gasteiger partial charge in [0.05, 0.1) is 12.0 Å². The summed E-state index contributed by atoms with van der Waals surface area (Å²) in [5.41, 5.74) is 1.02. The molecule has 88 valence electrons. The second kappa shape index (κ2) is 6.28. The fourth-order valence-electron chi connectivity index (χ4n) is 1.63. The summed E-state index contributed by atoms with van der Waals surface area (Å²) in [5.74, 6) is -0.144. The Morgan fingerprint density at radius 3 is 2.50 bits per heavy atom. The SMILES string of the molecule is CCC(C(=O)NCC(C)O)c1ccccc1. The number of amides is 1. The van der Waals surface area contributed by atoms with Crippen molar-refractivity contribution >= 4 is 5.91 Å². The van der Waals surface area contributed by atoms with Crippen molar-refractivity contribution in [2.75, 3.05) is 6.54 Å². The van der Waals surface area contributed by atoms with Crippen molar-refractivity contribution in [1.29, 1.82) is 0 Å². The molecule has 2 atom stereocenters. The maximum absolute atomic E-state index is 11.9. The van der Waals surface area contributed by atoms with Gasteiger partial charge in [-0.05, 0) is 18.9 Å². The van der Waals surface area contributed by atoms with Crippen LogP contribution >= 0.6 is 0 Å². The standard InChI is InChI=1S/C13H19NO2/c1-3-12(11-7-5-4-6-8-11)13(16)14-9-10(2)15/h4-8,10,12,15H,3,9H2,1-2H3,(H,14,16). The van der Waals surface area contributed by atoms with Gasteiger partial charge in [0.25, 0.3) is 0 Å². The molecule has 0 aliphatic heterocycles. The van der Waals surface area contributed by atoms with E-state index in [1.165, 1.54) is 0 Å². The van der Waals surface area contributed by atoms with E-state index in [4.69, 9.17) is 5.11 Å². The summed E-state index contributed by atoms with van der Waals surface area (Å²) >= 11 is 0. The lowest BCUT2D eigenvalue weighted by Crippen LogP contribution is -2.34. The number of benzene rings is 1. The Labute approximate surface area is 96.5 Å². The molecule has 0 aromatic heterocycles. The Kier molecular flexibility index (Phi) is 4.99. The molecule has 0 heterocycles. The minimum absolute atomic E-state index is 0.0189. The maximum atomic E-state index is 11.9. The van der Waals surface area contributed by atoms with Gasteiger partial charge in [0.2, 0.25) is 5.91 Å². The van der Waals surface area contributed by atoms with Gasteiger partial charge in [-0.25, -0.2) is 0 Å². The topological polar surface area (TPSA) is 49.3 Å². The molecular formula is C13H19NO2. The lowest BCUT2D eigenvalue weighted by molar-refractivity contribution is -0.123. The Hall–Kier alpha value is -1.35. The number of hydrogen-bond acceptors (Lipinski definition) is 2. The van der Waals surface area contributed by atoms with Crippen LogP contribution in [0.15, 0.2) is 30.3 Å². The van der Waals surface area contributed by atoms with Gasteiger partial charge in [-0.3, -0.25) is 4.79 Å². The van der Waals surface area contributed by atoms with E-state index in [-0.39, 0.29) is 11.8 Å². The van der Waals surface area contributed by atoms with Crippen LogP contribution in [0.1, 0.15) is 31.7 Å². The monoisotopic (exact) mass is 221 g/mol. The van der Waals surface area contributed by atoms with Crippen LogP contribution in [0.2, 0.25) is 0 Å². The van der Waals surface area contributed by atoms with Crippen molar-refractivity contribution in [3.8, 4) is 0 Å². The number of carbonyl (C=O) groups is 1. The molecule has 0 saturated heterocycles. The Balaban J connectivity index is 2.64. The van der Waals surface area contributed by atoms with Crippen molar-refractivity contribution < 1.29 is 9.90 Å². The second-order valence-electron chi connectivity index (χ2n) is 3.97. The van der Waals surface area contributed by atoms with Crippen LogP contribution < -0.4 is 5.32 Å². The predicted octanol–water partition coefficient (Wildman–Crippen LogP) is 1.68. The first-order valence-electron chi connectivity index (χ1n) is 5.65. The van der Waals surface area contributed by atoms with Gasteiger partial charge in [-0.15, -0.1) is 0 Å². The minimum Gasteiger partial charge on any atom is -0.392 e. The van der Waals surface area contributed by atoms with Crippen LogP contribution in [0, 0.1) is 0 Å². The first-order chi connectivity index (χ1) is 7.65. The number of hydrogen-bond donors (Lipinski definition) is 2. The fraction of sp³-hybridized carbons (Fsp3) is 0.462. The maximum Gasteiger partial charge on any atom is 0.227 e. The average molecular weight is 221 g/mol. The molecule has 1 rings (SSSR count). The number of aliphatic hydroxyl groups excluding tert-OH is 1. The number of rotatable bonds is 5. The molecule has 0 aliphatic rings. The van der Waals surface area contributed by atoms with Crippen molar-refractivity contribution in [3.05, 3.63) is 35.9 Å². The van der Waals surface area contributed by atoms with E-state index in [0.29, 0.717) is 6.54 Å². The van der Waals surface area contributed by atoms with E-state index in [1.54, 1.807) is 6.92 Å². The van der Waals surface area contributed by atoms with E-state index in [2.05, 4.69) is 5.32 Å². The first-order valence-corrected chi connectivity index (χ1v) is 5.65. The molecule has 0 bridgehead atoms. The summed E-state index contributed by atoms with van der Waals surface area (Å²) in [6.07, 6.45) is 0.257. The highest BCUT2D eigenvalue weighted by molar-refractivity contribution is 5.83. The van der Waals surface area contributed by atoms with Gasteiger partial charge < -0.3 is 10.4 Å². The van der Waals surface area contributed by atoms with Crippen molar-refractivity contribution in [2.24, 2.45) is 0 Å². The lowest BCUT2D eigenvalue weighted by Gasteiger charge is -2.16. The van der Waals surface area contributed by atoms with Crippen molar-refractivity contribution in [1.82, 2.24) is 5.32 Å². The van der Waals surface area contributed by atoms with Crippen molar-refractivity contribution in [2.45, 2.75) is 32.3 Å². The summed E-state index contributed by atoms with van der Waals surface area (Å²) in [5, 5.41) is 11.9. The Morgan fingerprint density at radius 2 is 2.00 bits per heavy atom. The molecule has 0 radical (unpaired) electrons. The normalized spacial score (nSPS) is 14.2. The molecule has 1 amide bonds. The van der Waals surface area contributed by atoms with Crippen molar-refractivity contribution in [3.63, 3.8) is 0 Å². The first kappa shape index (κ1) is 12.7. The summed E-state index contributed by atoms with van der Waals surface area (Å²) in [6.45, 7) is 3.95. The summed E-state index contributed by atoms with van der Waals surface area (Å²) in [4.78, 5) is 11.9. The van der Waals surface area contributed by atoms with Gasteiger partial charge in [0, 0.05) is 6.54 Å². The Morgan fingerprint density at radius 1 is 1.38 bits per heavy atom. The van der Waals surface area contributed by atoms with Gasteiger partial charge in [-0.1, -0.05) is 37.3 Å². The predicted molar refractivity (Wildman–Crippen MR) is 64.2 cm³/mol. The molecular weight excluding hydrogens is 202 g/mol. The third-order valence-corrected chi connectivity index (χ3v) is 2.50. The molecule has 3 heteroatoms. The average Bonchev–Trinajstić information content (AvgIpc) is 2.29. The molecule has 2 N–H and O–H groups in total. The molecule has 3 nitrogen and oxygen atoms in total. The highest BCUT2D eigenvalue weighted by Gasteiger charge is 2.17. The molecule has 1 aromatic carbocycles. The molecule has 0 spiro atoms. The Bertz CT molecular complexity index is 322. The van der Waals surface area contributed by atoms with Crippen LogP contribution in [0.5, 0.6) is 0 Å². The smallest absolute Gasteiger partial charge is 0.227 e. The van der Waals surface area contributed by atoms with Gasteiger partial charge in [-0.2, -0.15) is 0 Å². The summed E-state index contributed by atoms with van der Waals surface area (Å²) in [6, 6.07) is 9.70. The zero-order chi connectivity index (χ0) is 12.0. The second-order valence-corrected chi connectivity index (χ2v) is 3.97. The molecule has 16 heavy (non-hydrogen) atoms. The molecule has 0 saturated carbocycles. The van der Waals surface area contributed by atoms with E-state index in [0.717, 1.165) is 12.0 Å². The number of carbonyl (C=O) groups excluding carboxylic acids is 1. The van der Waals surface area contributed by atoms with Crippen LogP contribution in [0.25, 0.3) is 0 Å². The third kappa shape index (κ3) is 3.66. The van der Waals surface area contributed by atoms with E-state index in [1.807, 2.05) is 37.3 Å². The van der Waals surface area contributed by atoms with Crippen LogP contribution in [-0.2, 0) is 4.79 Å². The molecule has 0 aliphatic carbocycles.